The Morgan fingerprint density at radius 1 is 0.789 bits per heavy atom. The summed E-state index contributed by atoms with van der Waals surface area (Å²) >= 11 is 0. The Hall–Kier alpha value is -3.93. The number of carbonyl (C=O) groups is 3. The van der Waals surface area contributed by atoms with Gasteiger partial charge in [0.2, 0.25) is 0 Å². The molecule has 2 aromatic carbocycles. The van der Waals surface area contributed by atoms with E-state index in [0.29, 0.717) is 22.4 Å². The number of hydrazine groups is 1. The standard InChI is InChI=1S/C27H34N8O3/c1-32-9-13-34(14-10-32)21-6-3-19(4-7-21)28-18-24-23-17-20(5-8-22(23)25(36)30-26(24)37)29-27(38)31-35-15-11-33(2)12-16-35/h3-8,17-18,28H,9-16H2,1-2H3,(H2,29,31,38)(H,30,36,37). The molecule has 0 aliphatic carbocycles. The number of benzene rings is 2. The van der Waals surface area contributed by atoms with Crippen molar-refractivity contribution in [2.24, 2.45) is 0 Å². The van der Waals surface area contributed by atoms with Crippen molar-refractivity contribution in [1.82, 2.24) is 25.6 Å². The largest absolute Gasteiger partial charge is 0.369 e. The minimum absolute atomic E-state index is 0.311. The van der Waals surface area contributed by atoms with E-state index in [2.05, 4.69) is 55.3 Å². The van der Waals surface area contributed by atoms with Crippen molar-refractivity contribution in [2.45, 2.75) is 0 Å². The molecule has 4 N–H and O–H groups in total. The van der Waals surface area contributed by atoms with Gasteiger partial charge in [0.05, 0.1) is 5.57 Å². The van der Waals surface area contributed by atoms with Gasteiger partial charge in [-0.1, -0.05) is 0 Å². The van der Waals surface area contributed by atoms with Crippen LogP contribution < -0.4 is 26.3 Å². The normalized spacial score (nSPS) is 20.2. The van der Waals surface area contributed by atoms with E-state index >= 15 is 0 Å². The third kappa shape index (κ3) is 5.96. The van der Waals surface area contributed by atoms with Crippen molar-refractivity contribution >= 4 is 40.5 Å². The summed E-state index contributed by atoms with van der Waals surface area (Å²) in [5.41, 5.74) is 6.46. The van der Waals surface area contributed by atoms with E-state index in [1.54, 1.807) is 24.4 Å². The fourth-order valence-electron chi connectivity index (χ4n) is 4.76. The number of rotatable bonds is 5. The molecule has 200 valence electrons. The van der Waals surface area contributed by atoms with Gasteiger partial charge in [0.25, 0.3) is 11.8 Å². The summed E-state index contributed by atoms with van der Waals surface area (Å²) in [6, 6.07) is 12.6. The number of urea groups is 1. The summed E-state index contributed by atoms with van der Waals surface area (Å²) in [4.78, 5) is 44.6. The van der Waals surface area contributed by atoms with Crippen LogP contribution in [0.3, 0.4) is 0 Å². The van der Waals surface area contributed by atoms with Gasteiger partial charge in [0.15, 0.2) is 0 Å². The molecular weight excluding hydrogens is 484 g/mol. The van der Waals surface area contributed by atoms with Crippen LogP contribution >= 0.6 is 0 Å². The van der Waals surface area contributed by atoms with Crippen LogP contribution in [0.4, 0.5) is 21.9 Å². The van der Waals surface area contributed by atoms with Crippen LogP contribution in [-0.4, -0.2) is 99.1 Å². The third-order valence-electron chi connectivity index (χ3n) is 7.17. The van der Waals surface area contributed by atoms with E-state index in [1.807, 2.05) is 24.2 Å². The maximum atomic E-state index is 12.7. The molecule has 0 aromatic heterocycles. The topological polar surface area (TPSA) is 112 Å². The Balaban J connectivity index is 1.28. The SMILES string of the molecule is CN1CCN(NC(=O)Nc2ccc3c(c2)C(=CNc2ccc(N4CCN(C)CC4)cc2)C(=O)NC3=O)CC1. The van der Waals surface area contributed by atoms with E-state index in [1.165, 1.54) is 0 Å². The highest BCUT2D eigenvalue weighted by molar-refractivity contribution is 6.31. The molecule has 2 fully saturated rings. The lowest BCUT2D eigenvalue weighted by Crippen LogP contribution is -2.53. The van der Waals surface area contributed by atoms with Crippen LogP contribution in [0.2, 0.25) is 0 Å². The highest BCUT2D eigenvalue weighted by Crippen LogP contribution is 2.28. The molecule has 3 aliphatic rings. The lowest BCUT2D eigenvalue weighted by Gasteiger charge is -2.34. The zero-order valence-corrected chi connectivity index (χ0v) is 21.8. The van der Waals surface area contributed by atoms with Crippen molar-refractivity contribution in [2.75, 3.05) is 82.0 Å². The number of anilines is 3. The van der Waals surface area contributed by atoms with Crippen LogP contribution in [0, 0.1) is 0 Å². The molecule has 3 aliphatic heterocycles. The second-order valence-corrected chi connectivity index (χ2v) is 9.94. The average Bonchev–Trinajstić information content (AvgIpc) is 2.90. The number of carbonyl (C=O) groups excluding carboxylic acids is 3. The summed E-state index contributed by atoms with van der Waals surface area (Å²) in [7, 11) is 4.18. The van der Waals surface area contributed by atoms with E-state index in [9.17, 15) is 14.4 Å². The summed E-state index contributed by atoms with van der Waals surface area (Å²) in [5, 5.41) is 10.3. The lowest BCUT2D eigenvalue weighted by atomic mass is 9.95. The molecule has 0 bridgehead atoms. The van der Waals surface area contributed by atoms with Gasteiger partial charge >= 0.3 is 6.03 Å². The fraction of sp³-hybridized carbons (Fsp3) is 0.370. The molecule has 38 heavy (non-hydrogen) atoms. The molecule has 11 heteroatoms. The Morgan fingerprint density at radius 2 is 1.42 bits per heavy atom. The van der Waals surface area contributed by atoms with Crippen LogP contribution in [0.25, 0.3) is 5.57 Å². The van der Waals surface area contributed by atoms with Crippen LogP contribution in [0.5, 0.6) is 0 Å². The number of hydrogen-bond donors (Lipinski definition) is 4. The minimum atomic E-state index is -0.497. The molecule has 3 heterocycles. The Labute approximate surface area is 222 Å². The molecule has 4 amide bonds. The number of likely N-dealkylation sites (N-methyl/N-ethyl adjacent to an activating group) is 2. The van der Waals surface area contributed by atoms with Crippen LogP contribution in [0.1, 0.15) is 15.9 Å². The monoisotopic (exact) mass is 518 g/mol. The molecule has 0 spiro atoms. The van der Waals surface area contributed by atoms with Crippen molar-refractivity contribution in [3.8, 4) is 0 Å². The molecule has 2 saturated heterocycles. The Morgan fingerprint density at radius 3 is 2.11 bits per heavy atom. The maximum Gasteiger partial charge on any atom is 0.333 e. The number of piperazine rings is 2. The quantitative estimate of drug-likeness (QED) is 0.348. The molecule has 0 saturated carbocycles. The highest BCUT2D eigenvalue weighted by Gasteiger charge is 2.28. The van der Waals surface area contributed by atoms with E-state index in [4.69, 9.17) is 0 Å². The van der Waals surface area contributed by atoms with Gasteiger partial charge in [0, 0.05) is 86.7 Å². The van der Waals surface area contributed by atoms with Gasteiger partial charge in [-0.05, 0) is 56.6 Å². The average molecular weight is 519 g/mol. The van der Waals surface area contributed by atoms with Gasteiger partial charge in [-0.3, -0.25) is 20.3 Å². The number of nitrogens with zero attached hydrogens (tertiary/aromatic N) is 4. The van der Waals surface area contributed by atoms with Crippen molar-refractivity contribution in [3.63, 3.8) is 0 Å². The summed E-state index contributed by atoms with van der Waals surface area (Å²) in [6.45, 7) is 7.26. The zero-order valence-electron chi connectivity index (χ0n) is 21.8. The molecule has 5 rings (SSSR count). The maximum absolute atomic E-state index is 12.7. The first kappa shape index (κ1) is 25.7. The van der Waals surface area contributed by atoms with Crippen molar-refractivity contribution in [1.29, 1.82) is 0 Å². The number of fused-ring (bicyclic) bond motifs is 1. The molecule has 2 aromatic rings. The first-order chi connectivity index (χ1) is 18.4. The fourth-order valence-corrected chi connectivity index (χ4v) is 4.76. The van der Waals surface area contributed by atoms with E-state index < -0.39 is 11.8 Å². The predicted octanol–water partition coefficient (Wildman–Crippen LogP) is 1.45. The highest BCUT2D eigenvalue weighted by atomic mass is 16.2. The lowest BCUT2D eigenvalue weighted by molar-refractivity contribution is -0.114. The molecule has 0 unspecified atom stereocenters. The Bertz CT molecular complexity index is 1230. The summed E-state index contributed by atoms with van der Waals surface area (Å²) in [5.74, 6) is -0.963. The number of imide groups is 1. The van der Waals surface area contributed by atoms with Crippen LogP contribution in [0.15, 0.2) is 48.7 Å². The number of hydrogen-bond acceptors (Lipinski definition) is 8. The molecule has 0 atom stereocenters. The van der Waals surface area contributed by atoms with Gasteiger partial charge in [-0.2, -0.15) is 0 Å². The summed E-state index contributed by atoms with van der Waals surface area (Å²) < 4.78 is 0. The van der Waals surface area contributed by atoms with Gasteiger partial charge in [-0.25, -0.2) is 9.80 Å². The number of amides is 4. The smallest absolute Gasteiger partial charge is 0.333 e. The zero-order chi connectivity index (χ0) is 26.6. The number of nitrogens with one attached hydrogen (secondary N) is 4. The van der Waals surface area contributed by atoms with Crippen molar-refractivity contribution < 1.29 is 14.4 Å². The van der Waals surface area contributed by atoms with E-state index in [0.717, 1.165) is 63.7 Å². The van der Waals surface area contributed by atoms with Crippen LogP contribution in [-0.2, 0) is 4.79 Å². The molecule has 0 radical (unpaired) electrons. The van der Waals surface area contributed by atoms with Gasteiger partial charge < -0.3 is 25.3 Å². The third-order valence-corrected chi connectivity index (χ3v) is 7.17. The predicted molar refractivity (Wildman–Crippen MR) is 148 cm³/mol. The second kappa shape index (κ2) is 11.2. The van der Waals surface area contributed by atoms with Gasteiger partial charge in [-0.15, -0.1) is 0 Å². The second-order valence-electron chi connectivity index (χ2n) is 9.94. The molecule has 11 nitrogen and oxygen atoms in total. The van der Waals surface area contributed by atoms with E-state index in [-0.39, 0.29) is 6.03 Å². The summed E-state index contributed by atoms with van der Waals surface area (Å²) in [6.07, 6.45) is 1.60. The van der Waals surface area contributed by atoms with Gasteiger partial charge in [0.1, 0.15) is 0 Å². The first-order valence-corrected chi connectivity index (χ1v) is 12.9. The first-order valence-electron chi connectivity index (χ1n) is 12.9. The Kier molecular flexibility index (Phi) is 7.59. The minimum Gasteiger partial charge on any atom is -0.369 e. The van der Waals surface area contributed by atoms with Crippen molar-refractivity contribution in [3.05, 3.63) is 59.8 Å². The molecular formula is C27H34N8O3.